The molecular formula is C17H15BrClNO3. The van der Waals surface area contributed by atoms with E-state index in [2.05, 4.69) is 21.2 Å². The van der Waals surface area contributed by atoms with E-state index in [1.165, 1.54) is 0 Å². The second kappa shape index (κ2) is 8.13. The summed E-state index contributed by atoms with van der Waals surface area (Å²) in [7, 11) is 0. The Morgan fingerprint density at radius 3 is 2.52 bits per heavy atom. The number of benzene rings is 2. The van der Waals surface area contributed by atoms with Crippen molar-refractivity contribution in [3.8, 4) is 5.75 Å². The topological polar surface area (TPSA) is 55.4 Å². The van der Waals surface area contributed by atoms with Crippen molar-refractivity contribution >= 4 is 39.4 Å². The highest BCUT2D eigenvalue weighted by atomic mass is 79.9. The molecule has 0 bridgehead atoms. The minimum Gasteiger partial charge on any atom is -0.426 e. The second-order valence-corrected chi connectivity index (χ2v) is 6.25. The molecule has 0 radical (unpaired) electrons. The molecule has 1 amide bonds. The number of hydrogen-bond acceptors (Lipinski definition) is 3. The summed E-state index contributed by atoms with van der Waals surface area (Å²) in [5.74, 6) is -0.168. The Hall–Kier alpha value is -1.85. The van der Waals surface area contributed by atoms with Crippen molar-refractivity contribution in [2.45, 2.75) is 13.3 Å². The monoisotopic (exact) mass is 395 g/mol. The van der Waals surface area contributed by atoms with Crippen LogP contribution >= 0.6 is 27.5 Å². The third-order valence-corrected chi connectivity index (χ3v) is 3.85. The lowest BCUT2D eigenvalue weighted by Gasteiger charge is -2.08. The van der Waals surface area contributed by atoms with Crippen LogP contribution in [0.4, 0.5) is 0 Å². The van der Waals surface area contributed by atoms with E-state index in [1.54, 1.807) is 42.5 Å². The van der Waals surface area contributed by atoms with Crippen LogP contribution in [0.25, 0.3) is 0 Å². The van der Waals surface area contributed by atoms with E-state index < -0.39 is 5.97 Å². The molecule has 0 atom stereocenters. The lowest BCUT2D eigenvalue weighted by atomic mass is 10.2. The Balaban J connectivity index is 1.80. The van der Waals surface area contributed by atoms with Gasteiger partial charge in [-0.25, -0.2) is 0 Å². The summed E-state index contributed by atoms with van der Waals surface area (Å²) in [5.41, 5.74) is 1.32. The normalized spacial score (nSPS) is 10.2. The predicted octanol–water partition coefficient (Wildman–Crippen LogP) is 4.14. The number of ether oxygens (including phenoxy) is 1. The van der Waals surface area contributed by atoms with Crippen molar-refractivity contribution in [2.24, 2.45) is 0 Å². The smallest absolute Gasteiger partial charge is 0.312 e. The van der Waals surface area contributed by atoms with Crippen LogP contribution in [0.3, 0.4) is 0 Å². The fraction of sp³-hybridized carbons (Fsp3) is 0.176. The van der Waals surface area contributed by atoms with Crippen molar-refractivity contribution in [1.29, 1.82) is 0 Å². The molecule has 23 heavy (non-hydrogen) atoms. The number of carbonyl (C=O) groups excluding carboxylic acids is 2. The average molecular weight is 397 g/mol. The van der Waals surface area contributed by atoms with Crippen LogP contribution in [-0.4, -0.2) is 18.4 Å². The number of aryl methyl sites for hydroxylation is 1. The fourth-order valence-electron chi connectivity index (χ4n) is 1.88. The van der Waals surface area contributed by atoms with Gasteiger partial charge in [-0.1, -0.05) is 27.5 Å². The molecule has 1 N–H and O–H groups in total. The zero-order chi connectivity index (χ0) is 16.8. The van der Waals surface area contributed by atoms with E-state index >= 15 is 0 Å². The van der Waals surface area contributed by atoms with Crippen LogP contribution in [-0.2, 0) is 4.79 Å². The van der Waals surface area contributed by atoms with E-state index in [9.17, 15) is 9.59 Å². The third-order valence-electron chi connectivity index (χ3n) is 3.08. The molecule has 0 spiro atoms. The summed E-state index contributed by atoms with van der Waals surface area (Å²) < 4.78 is 6.15. The first kappa shape index (κ1) is 17.5. The summed E-state index contributed by atoms with van der Waals surface area (Å²) in [4.78, 5) is 23.7. The van der Waals surface area contributed by atoms with Crippen molar-refractivity contribution < 1.29 is 14.3 Å². The Bertz CT molecular complexity index is 716. The minimum atomic E-state index is -0.411. The Labute approximate surface area is 147 Å². The summed E-state index contributed by atoms with van der Waals surface area (Å²) in [6.45, 7) is 2.02. The molecule has 0 aromatic heterocycles. The average Bonchev–Trinajstić information content (AvgIpc) is 2.50. The molecule has 2 rings (SSSR count). The molecule has 2 aromatic carbocycles. The number of halogens is 2. The summed E-state index contributed by atoms with van der Waals surface area (Å²) in [5, 5.41) is 3.27. The minimum absolute atomic E-state index is 0.0876. The first-order chi connectivity index (χ1) is 11.0. The van der Waals surface area contributed by atoms with Gasteiger partial charge in [0, 0.05) is 21.6 Å². The van der Waals surface area contributed by atoms with Gasteiger partial charge in [0.1, 0.15) is 5.75 Å². The predicted molar refractivity (Wildman–Crippen MR) is 92.9 cm³/mol. The highest BCUT2D eigenvalue weighted by molar-refractivity contribution is 9.10. The molecule has 4 nitrogen and oxygen atoms in total. The van der Waals surface area contributed by atoms with Gasteiger partial charge in [-0.3, -0.25) is 9.59 Å². The van der Waals surface area contributed by atoms with Crippen molar-refractivity contribution in [2.75, 3.05) is 6.54 Å². The molecule has 0 aliphatic heterocycles. The maximum Gasteiger partial charge on any atom is 0.312 e. The summed E-state index contributed by atoms with van der Waals surface area (Å²) in [6, 6.07) is 12.0. The number of amides is 1. The van der Waals surface area contributed by atoms with Crippen LogP contribution in [0, 0.1) is 6.92 Å². The molecule has 120 valence electrons. The quantitative estimate of drug-likeness (QED) is 0.610. The van der Waals surface area contributed by atoms with E-state index in [0.29, 0.717) is 16.3 Å². The second-order valence-electron chi connectivity index (χ2n) is 4.90. The SMILES string of the molecule is Cc1cc(Cl)ccc1OC(=O)CCNC(=O)c1ccc(Br)cc1. The number of rotatable bonds is 5. The van der Waals surface area contributed by atoms with E-state index in [-0.39, 0.29) is 18.9 Å². The van der Waals surface area contributed by atoms with Crippen LogP contribution in [0.2, 0.25) is 5.02 Å². The summed E-state index contributed by atoms with van der Waals surface area (Å²) in [6.07, 6.45) is 0.0876. The molecule has 0 heterocycles. The first-order valence-corrected chi connectivity index (χ1v) is 8.13. The highest BCUT2D eigenvalue weighted by Gasteiger charge is 2.09. The molecule has 0 saturated carbocycles. The van der Waals surface area contributed by atoms with Gasteiger partial charge in [-0.2, -0.15) is 0 Å². The maximum absolute atomic E-state index is 11.9. The number of carbonyl (C=O) groups is 2. The molecule has 6 heteroatoms. The van der Waals surface area contributed by atoms with Gasteiger partial charge in [0.15, 0.2) is 0 Å². The summed E-state index contributed by atoms with van der Waals surface area (Å²) >= 11 is 9.16. The van der Waals surface area contributed by atoms with Gasteiger partial charge in [0.2, 0.25) is 0 Å². The maximum atomic E-state index is 11.9. The molecule has 0 fully saturated rings. The number of esters is 1. The van der Waals surface area contributed by atoms with Crippen molar-refractivity contribution in [3.05, 3.63) is 63.1 Å². The van der Waals surface area contributed by atoms with Gasteiger partial charge in [0.05, 0.1) is 6.42 Å². The molecule has 2 aromatic rings. The van der Waals surface area contributed by atoms with E-state index in [0.717, 1.165) is 10.0 Å². The lowest BCUT2D eigenvalue weighted by molar-refractivity contribution is -0.134. The molecule has 0 unspecified atom stereocenters. The zero-order valence-corrected chi connectivity index (χ0v) is 14.8. The largest absolute Gasteiger partial charge is 0.426 e. The van der Waals surface area contributed by atoms with Gasteiger partial charge in [-0.15, -0.1) is 0 Å². The molecule has 0 aliphatic carbocycles. The third kappa shape index (κ3) is 5.37. The van der Waals surface area contributed by atoms with Crippen molar-refractivity contribution in [1.82, 2.24) is 5.32 Å². The van der Waals surface area contributed by atoms with Crippen LogP contribution in [0.1, 0.15) is 22.3 Å². The van der Waals surface area contributed by atoms with Gasteiger partial charge >= 0.3 is 5.97 Å². The number of hydrogen-bond donors (Lipinski definition) is 1. The fourth-order valence-corrected chi connectivity index (χ4v) is 2.37. The highest BCUT2D eigenvalue weighted by Crippen LogP contribution is 2.22. The van der Waals surface area contributed by atoms with Crippen LogP contribution < -0.4 is 10.1 Å². The van der Waals surface area contributed by atoms with E-state index in [4.69, 9.17) is 16.3 Å². The Kier molecular flexibility index (Phi) is 6.19. The van der Waals surface area contributed by atoms with Gasteiger partial charge in [-0.05, 0) is 55.0 Å². The standard InChI is InChI=1S/C17H15BrClNO3/c1-11-10-14(19)6-7-15(11)23-16(21)8-9-20-17(22)12-2-4-13(18)5-3-12/h2-7,10H,8-9H2,1H3,(H,20,22). The Morgan fingerprint density at radius 2 is 1.87 bits per heavy atom. The van der Waals surface area contributed by atoms with Crippen LogP contribution in [0.15, 0.2) is 46.9 Å². The van der Waals surface area contributed by atoms with Crippen molar-refractivity contribution in [3.63, 3.8) is 0 Å². The first-order valence-electron chi connectivity index (χ1n) is 6.96. The molecular weight excluding hydrogens is 382 g/mol. The van der Waals surface area contributed by atoms with E-state index in [1.807, 2.05) is 6.92 Å². The van der Waals surface area contributed by atoms with Gasteiger partial charge < -0.3 is 10.1 Å². The van der Waals surface area contributed by atoms with Gasteiger partial charge in [0.25, 0.3) is 5.91 Å². The van der Waals surface area contributed by atoms with Crippen LogP contribution in [0.5, 0.6) is 5.75 Å². The zero-order valence-electron chi connectivity index (χ0n) is 12.4. The number of nitrogens with one attached hydrogen (secondary N) is 1. The molecule has 0 aliphatic rings. The molecule has 0 saturated heterocycles. The Morgan fingerprint density at radius 1 is 1.17 bits per heavy atom. The lowest BCUT2D eigenvalue weighted by Crippen LogP contribution is -2.27.